The summed E-state index contributed by atoms with van der Waals surface area (Å²) in [5.74, 6) is 0.698. The fourth-order valence-corrected chi connectivity index (χ4v) is 3.59. The van der Waals surface area contributed by atoms with E-state index in [1.807, 2.05) is 42.8 Å². The van der Waals surface area contributed by atoms with Gasteiger partial charge in [-0.2, -0.15) is 0 Å². The molecule has 4 aromatic rings. The Morgan fingerprint density at radius 1 is 1.00 bits per heavy atom. The number of aromatic hydroxyl groups is 1. The lowest BCUT2D eigenvalue weighted by molar-refractivity contribution is 0.0515. The number of nitrogens with zero attached hydrogens (tertiary/aromatic N) is 2. The Morgan fingerprint density at radius 2 is 1.67 bits per heavy atom. The van der Waals surface area contributed by atoms with Gasteiger partial charge in [-0.25, -0.2) is 4.79 Å². The van der Waals surface area contributed by atoms with Crippen LogP contribution in [-0.4, -0.2) is 39.2 Å². The van der Waals surface area contributed by atoms with E-state index in [-0.39, 0.29) is 17.8 Å². The van der Waals surface area contributed by atoms with Gasteiger partial charge >= 0.3 is 5.97 Å². The number of carbonyl (C=O) groups excluding carboxylic acids is 2. The molecule has 0 aliphatic heterocycles. The average molecular weight is 451 g/mol. The summed E-state index contributed by atoms with van der Waals surface area (Å²) in [5, 5.41) is 11.2. The fourth-order valence-electron chi connectivity index (χ4n) is 3.59. The van der Waals surface area contributed by atoms with Gasteiger partial charge in [0, 0.05) is 35.9 Å². The van der Waals surface area contributed by atoms with Crippen LogP contribution in [0.15, 0.2) is 48.5 Å². The summed E-state index contributed by atoms with van der Waals surface area (Å²) < 4.78 is 14.3. The Morgan fingerprint density at radius 3 is 2.33 bits per heavy atom. The topological polar surface area (TPSA) is 82.7 Å². The molecule has 0 radical (unpaired) electrons. The van der Waals surface area contributed by atoms with Crippen molar-refractivity contribution in [2.75, 3.05) is 6.61 Å². The van der Waals surface area contributed by atoms with Crippen LogP contribution in [0.25, 0.3) is 21.8 Å². The van der Waals surface area contributed by atoms with Gasteiger partial charge in [-0.3, -0.25) is 4.79 Å². The molecular weight excluding hydrogens is 420 g/mol. The highest BCUT2D eigenvalue weighted by molar-refractivity contribution is 5.96. The maximum Gasteiger partial charge on any atom is 0.354 e. The van der Waals surface area contributed by atoms with Crippen LogP contribution in [0.3, 0.4) is 0 Å². The predicted molar refractivity (Wildman–Crippen MR) is 129 cm³/mol. The third-order valence-corrected chi connectivity index (χ3v) is 5.59. The molecule has 2 heterocycles. The Bertz CT molecular complexity index is 1290. The van der Waals surface area contributed by atoms with E-state index in [1.165, 1.54) is 0 Å². The molecule has 2 aromatic heterocycles. The van der Waals surface area contributed by atoms with Crippen LogP contribution < -0.4 is 4.74 Å². The van der Waals surface area contributed by atoms with Crippen molar-refractivity contribution in [3.05, 3.63) is 59.9 Å². The van der Waals surface area contributed by atoms with Crippen molar-refractivity contribution in [2.45, 2.75) is 33.3 Å². The van der Waals surface area contributed by atoms with Gasteiger partial charge in [-0.15, -0.1) is 0 Å². The molecule has 1 unspecified atom stereocenters. The Hall–Kier alpha value is -3.74. The highest BCUT2D eigenvalue weighted by Crippen LogP contribution is 2.25. The minimum atomic E-state index is -0.347. The second-order valence-electron chi connectivity index (χ2n) is 7.86. The van der Waals surface area contributed by atoms with Gasteiger partial charge < -0.3 is 23.7 Å². The molecule has 1 N–H and O–H groups in total. The molecule has 0 aliphatic carbocycles. The van der Waals surface area contributed by atoms with Crippen molar-refractivity contribution in [2.24, 2.45) is 14.1 Å². The SMILES string of the molecule is CCC(C)Oc1ccc2c(c1)cc(C=O)n2C.CCOC(=O)c1cc2cc(O)ccc2n1C. The molecular formula is C26H30N2O5. The minimum absolute atomic E-state index is 0.188. The molecule has 33 heavy (non-hydrogen) atoms. The molecule has 4 rings (SSSR count). The van der Waals surface area contributed by atoms with Gasteiger partial charge in [0.2, 0.25) is 0 Å². The van der Waals surface area contributed by atoms with E-state index in [9.17, 15) is 14.7 Å². The van der Waals surface area contributed by atoms with E-state index in [1.54, 1.807) is 42.8 Å². The lowest BCUT2D eigenvalue weighted by Crippen LogP contribution is -2.09. The zero-order chi connectivity index (χ0) is 24.1. The number of aryl methyl sites for hydroxylation is 2. The van der Waals surface area contributed by atoms with E-state index in [4.69, 9.17) is 9.47 Å². The number of ether oxygens (including phenoxy) is 2. The smallest absolute Gasteiger partial charge is 0.354 e. The van der Waals surface area contributed by atoms with Crippen molar-refractivity contribution in [3.63, 3.8) is 0 Å². The van der Waals surface area contributed by atoms with Crippen LogP contribution in [0.1, 0.15) is 48.2 Å². The molecule has 0 bridgehead atoms. The Balaban J connectivity index is 0.000000186. The molecule has 7 heteroatoms. The van der Waals surface area contributed by atoms with Gasteiger partial charge in [0.05, 0.1) is 18.4 Å². The lowest BCUT2D eigenvalue weighted by atomic mass is 10.2. The number of esters is 1. The minimum Gasteiger partial charge on any atom is -0.508 e. The monoisotopic (exact) mass is 450 g/mol. The van der Waals surface area contributed by atoms with Gasteiger partial charge in [0.25, 0.3) is 0 Å². The molecule has 7 nitrogen and oxygen atoms in total. The molecule has 0 saturated heterocycles. The van der Waals surface area contributed by atoms with Crippen molar-refractivity contribution < 1.29 is 24.2 Å². The standard InChI is InChI=1S/C14H17NO2.C12H13NO3/c1-4-10(2)17-13-5-6-14-11(8-13)7-12(9-16)15(14)3;1-3-16-12(15)11-7-8-6-9(14)4-5-10(8)13(11)2/h5-10H,4H2,1-3H3;4-7,14H,3H2,1-2H3. The number of aldehydes is 1. The first-order valence-corrected chi connectivity index (χ1v) is 11.0. The van der Waals surface area contributed by atoms with E-state index in [0.29, 0.717) is 18.0 Å². The first kappa shape index (κ1) is 23.9. The first-order valence-electron chi connectivity index (χ1n) is 11.0. The molecule has 174 valence electrons. The van der Waals surface area contributed by atoms with Gasteiger partial charge in [-0.05, 0) is 68.8 Å². The third-order valence-electron chi connectivity index (χ3n) is 5.59. The van der Waals surface area contributed by atoms with Crippen LogP contribution in [0, 0.1) is 0 Å². The number of carbonyl (C=O) groups is 2. The van der Waals surface area contributed by atoms with E-state index < -0.39 is 0 Å². The van der Waals surface area contributed by atoms with Gasteiger partial charge in [-0.1, -0.05) is 6.92 Å². The van der Waals surface area contributed by atoms with Crippen LogP contribution in [-0.2, 0) is 18.8 Å². The highest BCUT2D eigenvalue weighted by Gasteiger charge is 2.14. The summed E-state index contributed by atoms with van der Waals surface area (Å²) in [7, 11) is 3.69. The highest BCUT2D eigenvalue weighted by atomic mass is 16.5. The number of phenolic OH excluding ortho intramolecular Hbond substituents is 1. The number of phenols is 1. The number of hydrogen-bond acceptors (Lipinski definition) is 5. The van der Waals surface area contributed by atoms with Gasteiger partial charge in [0.15, 0.2) is 6.29 Å². The van der Waals surface area contributed by atoms with Crippen molar-refractivity contribution in [3.8, 4) is 11.5 Å². The predicted octanol–water partition coefficient (Wildman–Crippen LogP) is 5.23. The molecule has 0 saturated carbocycles. The molecule has 0 fully saturated rings. The molecule has 0 amide bonds. The lowest BCUT2D eigenvalue weighted by Gasteiger charge is -2.12. The second-order valence-corrected chi connectivity index (χ2v) is 7.86. The summed E-state index contributed by atoms with van der Waals surface area (Å²) >= 11 is 0. The average Bonchev–Trinajstić information content (AvgIpc) is 3.30. The summed E-state index contributed by atoms with van der Waals surface area (Å²) in [6, 6.07) is 14.5. The van der Waals surface area contributed by atoms with E-state index in [0.717, 1.165) is 40.3 Å². The van der Waals surface area contributed by atoms with Crippen molar-refractivity contribution in [1.82, 2.24) is 9.13 Å². The van der Waals surface area contributed by atoms with Crippen LogP contribution in [0.4, 0.5) is 0 Å². The van der Waals surface area contributed by atoms with Crippen molar-refractivity contribution in [1.29, 1.82) is 0 Å². The number of hydrogen-bond donors (Lipinski definition) is 1. The Labute approximate surface area is 193 Å². The van der Waals surface area contributed by atoms with Crippen LogP contribution in [0.2, 0.25) is 0 Å². The fraction of sp³-hybridized carbons (Fsp3) is 0.308. The summed E-state index contributed by atoms with van der Waals surface area (Å²) in [6.07, 6.45) is 2.06. The first-order chi connectivity index (χ1) is 15.8. The number of fused-ring (bicyclic) bond motifs is 2. The number of rotatable bonds is 6. The largest absolute Gasteiger partial charge is 0.508 e. The summed E-state index contributed by atoms with van der Waals surface area (Å²) in [4.78, 5) is 22.5. The third kappa shape index (κ3) is 5.19. The second kappa shape index (κ2) is 10.3. The van der Waals surface area contributed by atoms with E-state index >= 15 is 0 Å². The maximum atomic E-state index is 11.6. The molecule has 0 aliphatic rings. The van der Waals surface area contributed by atoms with Crippen molar-refractivity contribution >= 4 is 34.1 Å². The van der Waals surface area contributed by atoms with Crippen LogP contribution >= 0.6 is 0 Å². The number of aromatic nitrogens is 2. The Kier molecular flexibility index (Phi) is 7.43. The van der Waals surface area contributed by atoms with Gasteiger partial charge in [0.1, 0.15) is 17.2 Å². The molecule has 1 atom stereocenters. The zero-order valence-corrected chi connectivity index (χ0v) is 19.7. The maximum absolute atomic E-state index is 11.6. The van der Waals surface area contributed by atoms with E-state index in [2.05, 4.69) is 6.92 Å². The zero-order valence-electron chi connectivity index (χ0n) is 19.7. The molecule has 2 aromatic carbocycles. The molecule has 0 spiro atoms. The van der Waals surface area contributed by atoms with Crippen LogP contribution in [0.5, 0.6) is 11.5 Å². The summed E-state index contributed by atoms with van der Waals surface area (Å²) in [6.45, 7) is 6.26. The number of benzene rings is 2. The normalized spacial score (nSPS) is 11.7. The summed E-state index contributed by atoms with van der Waals surface area (Å²) in [5.41, 5.74) is 3.10. The quantitative estimate of drug-likeness (QED) is 0.321.